The van der Waals surface area contributed by atoms with Gasteiger partial charge in [0.1, 0.15) is 10.8 Å². The van der Waals surface area contributed by atoms with Gasteiger partial charge in [-0.25, -0.2) is 4.98 Å². The molecule has 0 aromatic carbocycles. The number of thiocarbonyl (C=S) groups is 1. The number of nitrogens with two attached hydrogens (primary N) is 1. The summed E-state index contributed by atoms with van der Waals surface area (Å²) in [6.45, 7) is 0.668. The first kappa shape index (κ1) is 11.5. The van der Waals surface area contributed by atoms with Crippen LogP contribution in [0.2, 0.25) is 0 Å². The third kappa shape index (κ3) is 3.01. The van der Waals surface area contributed by atoms with E-state index >= 15 is 0 Å². The lowest BCUT2D eigenvalue weighted by Crippen LogP contribution is -2.12. The molecule has 2 heterocycles. The van der Waals surface area contributed by atoms with Gasteiger partial charge in [-0.3, -0.25) is 4.68 Å². The van der Waals surface area contributed by atoms with E-state index in [-0.39, 0.29) is 0 Å². The maximum atomic E-state index is 5.52. The van der Waals surface area contributed by atoms with Crippen molar-refractivity contribution in [3.63, 3.8) is 0 Å². The molecule has 0 bridgehead atoms. The fourth-order valence-corrected chi connectivity index (χ4v) is 1.54. The first-order valence-electron chi connectivity index (χ1n) is 5.13. The van der Waals surface area contributed by atoms with Crippen molar-refractivity contribution in [2.24, 2.45) is 12.8 Å². The number of aryl methyl sites for hydroxylation is 1. The first-order chi connectivity index (χ1) is 8.15. The van der Waals surface area contributed by atoms with Crippen LogP contribution in [0.3, 0.4) is 0 Å². The van der Waals surface area contributed by atoms with Gasteiger partial charge >= 0.3 is 0 Å². The van der Waals surface area contributed by atoms with Gasteiger partial charge in [-0.15, -0.1) is 0 Å². The number of anilines is 1. The third-order valence-corrected chi connectivity index (χ3v) is 2.44. The molecule has 2 aromatic rings. The van der Waals surface area contributed by atoms with Crippen LogP contribution in [0.4, 0.5) is 5.82 Å². The molecule has 0 radical (unpaired) electrons. The Bertz CT molecular complexity index is 534. The molecule has 0 saturated heterocycles. The molecule has 17 heavy (non-hydrogen) atoms. The van der Waals surface area contributed by atoms with Gasteiger partial charge in [-0.2, -0.15) is 5.10 Å². The van der Waals surface area contributed by atoms with Crippen molar-refractivity contribution in [2.45, 2.75) is 6.54 Å². The number of aromatic nitrogens is 3. The summed E-state index contributed by atoms with van der Waals surface area (Å²) in [6.07, 6.45) is 3.76. The van der Waals surface area contributed by atoms with Crippen LogP contribution in [0.5, 0.6) is 0 Å². The summed E-state index contributed by atoms with van der Waals surface area (Å²) in [5.41, 5.74) is 7.24. The van der Waals surface area contributed by atoms with Crippen LogP contribution in [0.1, 0.15) is 11.3 Å². The number of hydrogen-bond donors (Lipinski definition) is 2. The molecule has 0 aliphatic rings. The first-order valence-corrected chi connectivity index (χ1v) is 5.54. The lowest BCUT2D eigenvalue weighted by molar-refractivity contribution is 0.767. The van der Waals surface area contributed by atoms with Crippen molar-refractivity contribution in [3.05, 3.63) is 41.9 Å². The topological polar surface area (TPSA) is 68.8 Å². The Morgan fingerprint density at radius 1 is 1.53 bits per heavy atom. The van der Waals surface area contributed by atoms with Crippen molar-refractivity contribution in [1.29, 1.82) is 0 Å². The molecule has 0 unspecified atom stereocenters. The van der Waals surface area contributed by atoms with Crippen molar-refractivity contribution in [1.82, 2.24) is 14.8 Å². The fourth-order valence-electron chi connectivity index (χ4n) is 1.43. The van der Waals surface area contributed by atoms with Gasteiger partial charge in [0.05, 0.1) is 11.9 Å². The van der Waals surface area contributed by atoms with Crippen LogP contribution >= 0.6 is 12.2 Å². The zero-order chi connectivity index (χ0) is 12.3. The summed E-state index contributed by atoms with van der Waals surface area (Å²) >= 11 is 4.88. The largest absolute Gasteiger partial charge is 0.388 e. The van der Waals surface area contributed by atoms with Crippen molar-refractivity contribution >= 4 is 23.0 Å². The molecule has 0 atom stereocenters. The van der Waals surface area contributed by atoms with E-state index in [1.54, 1.807) is 10.7 Å². The van der Waals surface area contributed by atoms with Gasteiger partial charge in [0.2, 0.25) is 0 Å². The Morgan fingerprint density at radius 3 is 3.00 bits per heavy atom. The molecular weight excluding hydrogens is 234 g/mol. The van der Waals surface area contributed by atoms with E-state index in [9.17, 15) is 0 Å². The molecule has 2 rings (SSSR count). The van der Waals surface area contributed by atoms with Gasteiger partial charge in [0.25, 0.3) is 0 Å². The van der Waals surface area contributed by atoms with E-state index in [1.807, 2.05) is 31.6 Å². The molecule has 5 nitrogen and oxygen atoms in total. The van der Waals surface area contributed by atoms with E-state index in [0.29, 0.717) is 17.2 Å². The lowest BCUT2D eigenvalue weighted by atomic mass is 10.3. The predicted octanol–water partition coefficient (Wildman–Crippen LogP) is 1.06. The third-order valence-electron chi connectivity index (χ3n) is 2.23. The Labute approximate surface area is 105 Å². The van der Waals surface area contributed by atoms with Crippen LogP contribution in [-0.2, 0) is 13.6 Å². The Balaban J connectivity index is 2.04. The molecule has 0 amide bonds. The van der Waals surface area contributed by atoms with Crippen LogP contribution in [0.25, 0.3) is 0 Å². The number of rotatable bonds is 4. The normalized spacial score (nSPS) is 10.2. The van der Waals surface area contributed by atoms with Crippen LogP contribution in [-0.4, -0.2) is 19.8 Å². The minimum atomic E-state index is 0.301. The molecule has 6 heteroatoms. The summed E-state index contributed by atoms with van der Waals surface area (Å²) < 4.78 is 1.76. The zero-order valence-electron chi connectivity index (χ0n) is 9.42. The van der Waals surface area contributed by atoms with Crippen LogP contribution < -0.4 is 11.1 Å². The van der Waals surface area contributed by atoms with E-state index in [0.717, 1.165) is 11.4 Å². The summed E-state index contributed by atoms with van der Waals surface area (Å²) in [5, 5.41) is 7.28. The predicted molar refractivity (Wildman–Crippen MR) is 70.7 cm³/mol. The number of nitrogens with zero attached hydrogens (tertiary/aromatic N) is 3. The van der Waals surface area contributed by atoms with Crippen molar-refractivity contribution < 1.29 is 0 Å². The van der Waals surface area contributed by atoms with Gasteiger partial charge < -0.3 is 11.1 Å². The summed E-state index contributed by atoms with van der Waals surface area (Å²) in [5.74, 6) is 0.749. The van der Waals surface area contributed by atoms with Crippen LogP contribution in [0.15, 0.2) is 30.6 Å². The maximum Gasteiger partial charge on any atom is 0.127 e. The monoisotopic (exact) mass is 247 g/mol. The molecule has 0 spiro atoms. The summed E-state index contributed by atoms with van der Waals surface area (Å²) in [4.78, 5) is 4.59. The van der Waals surface area contributed by atoms with Crippen molar-refractivity contribution in [3.8, 4) is 0 Å². The van der Waals surface area contributed by atoms with E-state index in [2.05, 4.69) is 15.4 Å². The second-order valence-electron chi connectivity index (χ2n) is 3.65. The van der Waals surface area contributed by atoms with Gasteiger partial charge in [0.15, 0.2) is 0 Å². The molecule has 0 aliphatic carbocycles. The highest BCUT2D eigenvalue weighted by Crippen LogP contribution is 2.07. The quantitative estimate of drug-likeness (QED) is 0.791. The SMILES string of the molecule is Cn1cc(CNc2cccc(C(N)=S)n2)cn1. The smallest absolute Gasteiger partial charge is 0.127 e. The summed E-state index contributed by atoms with van der Waals surface area (Å²) in [7, 11) is 1.88. The second-order valence-corrected chi connectivity index (χ2v) is 4.09. The minimum Gasteiger partial charge on any atom is -0.388 e. The average molecular weight is 247 g/mol. The molecule has 0 fully saturated rings. The highest BCUT2D eigenvalue weighted by Gasteiger charge is 2.01. The van der Waals surface area contributed by atoms with Gasteiger partial charge in [0, 0.05) is 25.4 Å². The Morgan fingerprint density at radius 2 is 2.35 bits per heavy atom. The maximum absolute atomic E-state index is 5.52. The second kappa shape index (κ2) is 4.92. The zero-order valence-corrected chi connectivity index (χ0v) is 10.2. The van der Waals surface area contributed by atoms with Gasteiger partial charge in [-0.1, -0.05) is 18.3 Å². The Kier molecular flexibility index (Phi) is 3.34. The van der Waals surface area contributed by atoms with Gasteiger partial charge in [-0.05, 0) is 12.1 Å². The highest BCUT2D eigenvalue weighted by molar-refractivity contribution is 7.80. The van der Waals surface area contributed by atoms with E-state index < -0.39 is 0 Å². The molecule has 3 N–H and O–H groups in total. The fraction of sp³-hybridized carbons (Fsp3) is 0.182. The number of nitrogens with one attached hydrogen (secondary N) is 1. The average Bonchev–Trinajstić information content (AvgIpc) is 2.73. The highest BCUT2D eigenvalue weighted by atomic mass is 32.1. The van der Waals surface area contributed by atoms with E-state index in [1.165, 1.54) is 0 Å². The van der Waals surface area contributed by atoms with Crippen molar-refractivity contribution in [2.75, 3.05) is 5.32 Å². The molecule has 0 saturated carbocycles. The molecule has 2 aromatic heterocycles. The van der Waals surface area contributed by atoms with Crippen LogP contribution in [0, 0.1) is 0 Å². The molecular formula is C11H13N5S. The lowest BCUT2D eigenvalue weighted by Gasteiger charge is -2.05. The number of hydrogen-bond acceptors (Lipinski definition) is 4. The summed E-state index contributed by atoms with van der Waals surface area (Å²) in [6, 6.07) is 5.53. The molecule has 0 aliphatic heterocycles. The molecule has 88 valence electrons. The number of pyridine rings is 1. The van der Waals surface area contributed by atoms with E-state index in [4.69, 9.17) is 18.0 Å². The standard InChI is InChI=1S/C11H13N5S/c1-16-7-8(6-14-16)5-13-10-4-2-3-9(15-10)11(12)17/h2-4,6-7H,5H2,1H3,(H2,12,17)(H,13,15). The Hall–Kier alpha value is -1.95. The minimum absolute atomic E-state index is 0.301.